The highest BCUT2D eigenvalue weighted by molar-refractivity contribution is 7.88. The quantitative estimate of drug-likeness (QED) is 0.785. The van der Waals surface area contributed by atoms with Gasteiger partial charge in [-0.1, -0.05) is 36.4 Å². The van der Waals surface area contributed by atoms with E-state index < -0.39 is 15.6 Å². The number of hydrogen-bond acceptors (Lipinski definition) is 3. The molecule has 1 aromatic carbocycles. The lowest BCUT2D eigenvalue weighted by Gasteiger charge is -2.35. The summed E-state index contributed by atoms with van der Waals surface area (Å²) in [5.74, 6) is -0.103. The van der Waals surface area contributed by atoms with Crippen LogP contribution in [-0.4, -0.2) is 36.8 Å². The number of nitrogens with zero attached hydrogens (tertiary/aromatic N) is 1. The second-order valence-corrected chi connectivity index (χ2v) is 7.02. The summed E-state index contributed by atoms with van der Waals surface area (Å²) in [6, 6.07) is 7.32. The monoisotopic (exact) mass is 277 g/mol. The third-order valence-electron chi connectivity index (χ3n) is 3.90. The maximum absolute atomic E-state index is 12.7. The molecule has 1 unspecified atom stereocenters. The number of fused-ring (bicyclic) bond motifs is 1. The first-order valence-corrected chi connectivity index (χ1v) is 8.11. The summed E-state index contributed by atoms with van der Waals surface area (Å²) in [6.45, 7) is 0.414. The molecule has 3 rings (SSSR count). The van der Waals surface area contributed by atoms with Crippen molar-refractivity contribution in [2.75, 3.05) is 12.8 Å². The molecule has 0 saturated carbocycles. The fourth-order valence-corrected chi connectivity index (χ4v) is 4.34. The van der Waals surface area contributed by atoms with Crippen molar-refractivity contribution in [3.63, 3.8) is 0 Å². The minimum absolute atomic E-state index is 0.103. The van der Waals surface area contributed by atoms with Crippen LogP contribution in [0.25, 0.3) is 6.08 Å². The minimum Gasteiger partial charge on any atom is -0.292 e. The first-order valence-electron chi connectivity index (χ1n) is 6.26. The standard InChI is InChI=1S/C14H15NO3S/c1-19(17,18)15-10-4-8-14(15)9-7-11-5-2-3-6-12(11)13(14)16/h2-3,5-7,9H,4,8,10H2,1H3. The Morgan fingerprint density at radius 1 is 1.26 bits per heavy atom. The van der Waals surface area contributed by atoms with Crippen LogP contribution in [0, 0.1) is 0 Å². The molecule has 19 heavy (non-hydrogen) atoms. The molecule has 0 radical (unpaired) electrons. The molecule has 1 heterocycles. The van der Waals surface area contributed by atoms with Crippen LogP contribution in [0.1, 0.15) is 28.8 Å². The van der Waals surface area contributed by atoms with Crippen molar-refractivity contribution >= 4 is 21.9 Å². The van der Waals surface area contributed by atoms with E-state index in [1.807, 2.05) is 24.3 Å². The molecular formula is C14H15NO3S. The van der Waals surface area contributed by atoms with E-state index in [4.69, 9.17) is 0 Å². The van der Waals surface area contributed by atoms with Crippen molar-refractivity contribution in [2.24, 2.45) is 0 Å². The van der Waals surface area contributed by atoms with E-state index >= 15 is 0 Å². The smallest absolute Gasteiger partial charge is 0.212 e. The molecule has 1 aliphatic carbocycles. The van der Waals surface area contributed by atoms with E-state index in [9.17, 15) is 13.2 Å². The highest BCUT2D eigenvalue weighted by atomic mass is 32.2. The van der Waals surface area contributed by atoms with Crippen molar-refractivity contribution in [1.82, 2.24) is 4.31 Å². The molecule has 2 aliphatic rings. The normalized spacial score (nSPS) is 26.9. The Labute approximate surface area is 112 Å². The highest BCUT2D eigenvalue weighted by Gasteiger charge is 2.51. The summed E-state index contributed by atoms with van der Waals surface area (Å²) in [6.07, 6.45) is 6.06. The second-order valence-electron chi connectivity index (χ2n) is 5.11. The fraction of sp³-hybridized carbons (Fsp3) is 0.357. The van der Waals surface area contributed by atoms with Crippen LogP contribution >= 0.6 is 0 Å². The Morgan fingerprint density at radius 3 is 2.74 bits per heavy atom. The van der Waals surface area contributed by atoms with Gasteiger partial charge in [0.15, 0.2) is 5.78 Å². The Kier molecular flexibility index (Phi) is 2.66. The van der Waals surface area contributed by atoms with E-state index in [1.165, 1.54) is 10.6 Å². The topological polar surface area (TPSA) is 54.5 Å². The van der Waals surface area contributed by atoms with E-state index in [2.05, 4.69) is 0 Å². The summed E-state index contributed by atoms with van der Waals surface area (Å²) in [5, 5.41) is 0. The largest absolute Gasteiger partial charge is 0.292 e. The number of benzene rings is 1. The number of carbonyl (C=O) groups is 1. The SMILES string of the molecule is CS(=O)(=O)N1CCCC12C=Cc1ccccc1C2=O. The third kappa shape index (κ3) is 1.76. The average Bonchev–Trinajstić information content (AvgIpc) is 2.79. The molecule has 1 aliphatic heterocycles. The van der Waals surface area contributed by atoms with Crippen LogP contribution in [0.5, 0.6) is 0 Å². The first-order chi connectivity index (χ1) is 8.95. The molecule has 4 nitrogen and oxygen atoms in total. The molecule has 1 saturated heterocycles. The lowest BCUT2D eigenvalue weighted by atomic mass is 9.81. The van der Waals surface area contributed by atoms with Gasteiger partial charge in [0, 0.05) is 12.1 Å². The van der Waals surface area contributed by atoms with Crippen LogP contribution in [0.2, 0.25) is 0 Å². The number of ketones is 1. The van der Waals surface area contributed by atoms with Gasteiger partial charge in [-0.05, 0) is 18.4 Å². The second kappa shape index (κ2) is 4.02. The Hall–Kier alpha value is -1.46. The molecule has 1 fully saturated rings. The summed E-state index contributed by atoms with van der Waals surface area (Å²) >= 11 is 0. The Bertz CT molecular complexity index is 678. The minimum atomic E-state index is -3.38. The van der Waals surface area contributed by atoms with Crippen molar-refractivity contribution in [1.29, 1.82) is 0 Å². The predicted molar refractivity (Wildman–Crippen MR) is 73.3 cm³/mol. The Morgan fingerprint density at radius 2 is 2.00 bits per heavy atom. The van der Waals surface area contributed by atoms with E-state index in [0.717, 1.165) is 5.56 Å². The summed E-state index contributed by atoms with van der Waals surface area (Å²) in [7, 11) is -3.38. The van der Waals surface area contributed by atoms with Gasteiger partial charge in [0.05, 0.1) is 6.26 Å². The summed E-state index contributed by atoms with van der Waals surface area (Å²) in [5.41, 5.74) is 0.473. The van der Waals surface area contributed by atoms with Crippen molar-refractivity contribution in [3.05, 3.63) is 41.5 Å². The molecule has 1 aromatic rings. The van der Waals surface area contributed by atoms with Crippen molar-refractivity contribution in [3.8, 4) is 0 Å². The maximum Gasteiger partial charge on any atom is 0.212 e. The van der Waals surface area contributed by atoms with Crippen LogP contribution in [-0.2, 0) is 10.0 Å². The Balaban J connectivity index is 2.16. The molecule has 0 N–H and O–H groups in total. The van der Waals surface area contributed by atoms with Gasteiger partial charge < -0.3 is 0 Å². The number of sulfonamides is 1. The highest BCUT2D eigenvalue weighted by Crippen LogP contribution is 2.39. The van der Waals surface area contributed by atoms with Gasteiger partial charge in [0.2, 0.25) is 10.0 Å². The van der Waals surface area contributed by atoms with Crippen LogP contribution in [0.4, 0.5) is 0 Å². The molecule has 5 heteroatoms. The zero-order valence-electron chi connectivity index (χ0n) is 10.7. The maximum atomic E-state index is 12.7. The summed E-state index contributed by atoms with van der Waals surface area (Å²) < 4.78 is 25.2. The lowest BCUT2D eigenvalue weighted by Crippen LogP contribution is -2.52. The van der Waals surface area contributed by atoms with Gasteiger partial charge >= 0.3 is 0 Å². The predicted octanol–water partition coefficient (Wildman–Crippen LogP) is 1.69. The molecule has 0 amide bonds. The molecule has 0 aromatic heterocycles. The molecule has 1 spiro atoms. The van der Waals surface area contributed by atoms with Crippen LogP contribution in [0.3, 0.4) is 0 Å². The van der Waals surface area contributed by atoms with Crippen molar-refractivity contribution < 1.29 is 13.2 Å². The molecule has 1 atom stereocenters. The zero-order valence-corrected chi connectivity index (χ0v) is 11.5. The zero-order chi connectivity index (χ0) is 13.7. The lowest BCUT2D eigenvalue weighted by molar-refractivity contribution is 0.0849. The third-order valence-corrected chi connectivity index (χ3v) is 5.21. The van der Waals surface area contributed by atoms with Crippen molar-refractivity contribution in [2.45, 2.75) is 18.4 Å². The fourth-order valence-electron chi connectivity index (χ4n) is 3.06. The van der Waals surface area contributed by atoms with Gasteiger partial charge in [-0.2, -0.15) is 4.31 Å². The number of carbonyl (C=O) groups excluding carboxylic acids is 1. The van der Waals surface area contributed by atoms with Gasteiger partial charge in [-0.3, -0.25) is 4.79 Å². The molecule has 100 valence electrons. The average molecular weight is 277 g/mol. The van der Waals surface area contributed by atoms with Gasteiger partial charge in [0.25, 0.3) is 0 Å². The number of Topliss-reactive ketones (excluding diaryl/α,β-unsaturated/α-hetero) is 1. The van der Waals surface area contributed by atoms with Gasteiger partial charge in [-0.15, -0.1) is 0 Å². The molecular weight excluding hydrogens is 262 g/mol. The van der Waals surface area contributed by atoms with Gasteiger partial charge in [0.1, 0.15) is 5.54 Å². The first kappa shape index (κ1) is 12.6. The van der Waals surface area contributed by atoms with E-state index in [1.54, 1.807) is 12.1 Å². The molecule has 0 bridgehead atoms. The summed E-state index contributed by atoms with van der Waals surface area (Å²) in [4.78, 5) is 12.7. The van der Waals surface area contributed by atoms with E-state index in [0.29, 0.717) is 24.9 Å². The van der Waals surface area contributed by atoms with Crippen LogP contribution < -0.4 is 0 Å². The number of rotatable bonds is 1. The van der Waals surface area contributed by atoms with E-state index in [-0.39, 0.29) is 5.78 Å². The van der Waals surface area contributed by atoms with Crippen LogP contribution in [0.15, 0.2) is 30.3 Å². The number of hydrogen-bond donors (Lipinski definition) is 0. The van der Waals surface area contributed by atoms with Gasteiger partial charge in [-0.25, -0.2) is 8.42 Å².